The first kappa shape index (κ1) is 14.2. The zero-order valence-corrected chi connectivity index (χ0v) is 12.9. The maximum absolute atomic E-state index is 5.47. The Bertz CT molecular complexity index is 581. The summed E-state index contributed by atoms with van der Waals surface area (Å²) in [6.45, 7) is 8.73. The molecule has 2 atom stereocenters. The molecule has 0 amide bonds. The molecule has 1 aliphatic rings. The molecule has 1 fully saturated rings. The number of aromatic amines is 1. The fourth-order valence-corrected chi connectivity index (χ4v) is 2.45. The lowest BCUT2D eigenvalue weighted by Gasteiger charge is -2.31. The van der Waals surface area contributed by atoms with Gasteiger partial charge in [-0.05, 0) is 31.1 Å². The van der Waals surface area contributed by atoms with E-state index in [-0.39, 0.29) is 11.5 Å². The summed E-state index contributed by atoms with van der Waals surface area (Å²) in [5, 5.41) is 14.2. The molecule has 2 unspecified atom stereocenters. The Balaban J connectivity index is 1.82. The third-order valence-corrected chi connectivity index (χ3v) is 3.94. The summed E-state index contributed by atoms with van der Waals surface area (Å²) in [5.74, 6) is 2.33. The van der Waals surface area contributed by atoms with Crippen molar-refractivity contribution in [1.82, 2.24) is 30.6 Å². The predicted octanol–water partition coefficient (Wildman–Crippen LogP) is 2.33. The van der Waals surface area contributed by atoms with E-state index in [1.807, 2.05) is 0 Å². The second-order valence-electron chi connectivity index (χ2n) is 6.88. The molecule has 0 saturated heterocycles. The number of rotatable bonds is 5. The quantitative estimate of drug-likeness (QED) is 0.878. The SMILES string of the molecule is CC(NC(c1nc(-c2ncn[nH]2)no1)C(C)(C)C)C1CC1. The molecule has 2 heterocycles. The zero-order valence-electron chi connectivity index (χ0n) is 12.9. The lowest BCUT2D eigenvalue weighted by molar-refractivity contribution is 0.194. The van der Waals surface area contributed by atoms with Crippen molar-refractivity contribution >= 4 is 0 Å². The standard InChI is InChI=1S/C14H22N6O/c1-8(9-5-6-9)17-10(14(2,3)4)13-18-12(20-21-13)11-15-7-16-19-11/h7-10,17H,5-6H2,1-4H3,(H,15,16,19). The largest absolute Gasteiger partial charge is 0.337 e. The van der Waals surface area contributed by atoms with Gasteiger partial charge in [0.05, 0.1) is 6.04 Å². The van der Waals surface area contributed by atoms with Crippen molar-refractivity contribution in [2.75, 3.05) is 0 Å². The summed E-state index contributed by atoms with van der Waals surface area (Å²) in [6.07, 6.45) is 4.04. The van der Waals surface area contributed by atoms with E-state index < -0.39 is 0 Å². The van der Waals surface area contributed by atoms with E-state index in [0.29, 0.717) is 23.6 Å². The van der Waals surface area contributed by atoms with E-state index in [2.05, 4.69) is 58.3 Å². The van der Waals surface area contributed by atoms with Crippen LogP contribution in [0.25, 0.3) is 11.6 Å². The van der Waals surface area contributed by atoms with Crippen LogP contribution in [0.2, 0.25) is 0 Å². The topological polar surface area (TPSA) is 92.5 Å². The second kappa shape index (κ2) is 5.22. The molecule has 0 spiro atoms. The summed E-state index contributed by atoms with van der Waals surface area (Å²) in [5.41, 5.74) is -0.0195. The van der Waals surface area contributed by atoms with E-state index in [0.717, 1.165) is 5.92 Å². The van der Waals surface area contributed by atoms with Crippen LogP contribution in [-0.2, 0) is 0 Å². The van der Waals surface area contributed by atoms with Gasteiger partial charge in [-0.15, -0.1) is 0 Å². The van der Waals surface area contributed by atoms with Gasteiger partial charge in [0.2, 0.25) is 11.7 Å². The smallest absolute Gasteiger partial charge is 0.244 e. The van der Waals surface area contributed by atoms with Crippen LogP contribution in [0.4, 0.5) is 0 Å². The number of nitrogens with zero attached hydrogens (tertiary/aromatic N) is 4. The average molecular weight is 290 g/mol. The molecule has 0 aromatic carbocycles. The highest BCUT2D eigenvalue weighted by molar-refractivity contribution is 5.39. The number of H-pyrrole nitrogens is 1. The molecule has 2 N–H and O–H groups in total. The van der Waals surface area contributed by atoms with E-state index in [4.69, 9.17) is 4.52 Å². The van der Waals surface area contributed by atoms with Crippen molar-refractivity contribution in [3.05, 3.63) is 12.2 Å². The molecule has 2 aromatic rings. The maximum Gasteiger partial charge on any atom is 0.244 e. The summed E-state index contributed by atoms with van der Waals surface area (Å²) in [7, 11) is 0. The highest BCUT2D eigenvalue weighted by Gasteiger charge is 2.36. The van der Waals surface area contributed by atoms with Gasteiger partial charge in [0.1, 0.15) is 6.33 Å². The third kappa shape index (κ3) is 3.12. The van der Waals surface area contributed by atoms with E-state index in [1.165, 1.54) is 19.2 Å². The molecular weight excluding hydrogens is 268 g/mol. The lowest BCUT2D eigenvalue weighted by Crippen LogP contribution is -2.39. The van der Waals surface area contributed by atoms with Crippen molar-refractivity contribution in [1.29, 1.82) is 0 Å². The summed E-state index contributed by atoms with van der Waals surface area (Å²) in [6, 6.07) is 0.465. The molecule has 7 nitrogen and oxygen atoms in total. The number of aromatic nitrogens is 5. The summed E-state index contributed by atoms with van der Waals surface area (Å²) < 4.78 is 5.47. The van der Waals surface area contributed by atoms with Crippen molar-refractivity contribution < 1.29 is 4.52 Å². The summed E-state index contributed by atoms with van der Waals surface area (Å²) in [4.78, 5) is 8.53. The molecule has 1 saturated carbocycles. The van der Waals surface area contributed by atoms with E-state index in [9.17, 15) is 0 Å². The normalized spacial score (nSPS) is 18.7. The Hall–Kier alpha value is -1.76. The molecule has 1 aliphatic carbocycles. The fraction of sp³-hybridized carbons (Fsp3) is 0.714. The van der Waals surface area contributed by atoms with Crippen LogP contribution in [0.5, 0.6) is 0 Å². The lowest BCUT2D eigenvalue weighted by atomic mass is 9.86. The molecule has 0 radical (unpaired) electrons. The van der Waals surface area contributed by atoms with Crippen LogP contribution in [-0.4, -0.2) is 31.4 Å². The van der Waals surface area contributed by atoms with E-state index >= 15 is 0 Å². The minimum Gasteiger partial charge on any atom is -0.337 e. The van der Waals surface area contributed by atoms with Gasteiger partial charge in [0, 0.05) is 6.04 Å². The van der Waals surface area contributed by atoms with Gasteiger partial charge in [0.25, 0.3) is 0 Å². The zero-order chi connectivity index (χ0) is 15.0. The van der Waals surface area contributed by atoms with Crippen molar-refractivity contribution in [3.63, 3.8) is 0 Å². The second-order valence-corrected chi connectivity index (χ2v) is 6.88. The van der Waals surface area contributed by atoms with Crippen LogP contribution in [0.3, 0.4) is 0 Å². The van der Waals surface area contributed by atoms with Crippen LogP contribution in [0.15, 0.2) is 10.9 Å². The monoisotopic (exact) mass is 290 g/mol. The Morgan fingerprint density at radius 2 is 2.14 bits per heavy atom. The molecule has 7 heteroatoms. The van der Waals surface area contributed by atoms with Gasteiger partial charge < -0.3 is 9.84 Å². The minimum atomic E-state index is -0.0195. The van der Waals surface area contributed by atoms with Gasteiger partial charge in [-0.3, -0.25) is 5.10 Å². The minimum absolute atomic E-state index is 0.0114. The highest BCUT2D eigenvalue weighted by atomic mass is 16.5. The third-order valence-electron chi connectivity index (χ3n) is 3.94. The average Bonchev–Trinajstić information content (AvgIpc) is 2.93. The molecule has 21 heavy (non-hydrogen) atoms. The van der Waals surface area contributed by atoms with Gasteiger partial charge in [-0.25, -0.2) is 4.98 Å². The predicted molar refractivity (Wildman–Crippen MR) is 77.2 cm³/mol. The van der Waals surface area contributed by atoms with Crippen molar-refractivity contribution in [2.45, 2.75) is 52.6 Å². The van der Waals surface area contributed by atoms with Crippen LogP contribution < -0.4 is 5.32 Å². The van der Waals surface area contributed by atoms with Crippen LogP contribution >= 0.6 is 0 Å². The molecule has 0 aliphatic heterocycles. The Morgan fingerprint density at radius 1 is 1.38 bits per heavy atom. The molecule has 0 bridgehead atoms. The number of hydrogen-bond acceptors (Lipinski definition) is 6. The maximum atomic E-state index is 5.47. The highest BCUT2D eigenvalue weighted by Crippen LogP contribution is 2.37. The van der Waals surface area contributed by atoms with E-state index in [1.54, 1.807) is 0 Å². The van der Waals surface area contributed by atoms with Crippen LogP contribution in [0.1, 0.15) is 52.5 Å². The van der Waals surface area contributed by atoms with Crippen molar-refractivity contribution in [2.24, 2.45) is 11.3 Å². The molecule has 3 rings (SSSR count). The molecule has 2 aromatic heterocycles. The fourth-order valence-electron chi connectivity index (χ4n) is 2.45. The molecular formula is C14H22N6O. The first-order valence-electron chi connectivity index (χ1n) is 7.40. The Morgan fingerprint density at radius 3 is 2.71 bits per heavy atom. The van der Waals surface area contributed by atoms with Gasteiger partial charge in [0.15, 0.2) is 5.82 Å². The molecule has 114 valence electrons. The van der Waals surface area contributed by atoms with Gasteiger partial charge in [-0.1, -0.05) is 25.9 Å². The Kier molecular flexibility index (Phi) is 3.52. The number of nitrogens with one attached hydrogen (secondary N) is 2. The van der Waals surface area contributed by atoms with Gasteiger partial charge >= 0.3 is 0 Å². The number of hydrogen-bond donors (Lipinski definition) is 2. The first-order chi connectivity index (χ1) is 9.95. The van der Waals surface area contributed by atoms with Crippen LogP contribution in [0, 0.1) is 11.3 Å². The Labute approximate surface area is 123 Å². The van der Waals surface area contributed by atoms with Crippen molar-refractivity contribution in [3.8, 4) is 11.6 Å². The first-order valence-corrected chi connectivity index (χ1v) is 7.40. The van der Waals surface area contributed by atoms with Gasteiger partial charge in [-0.2, -0.15) is 10.1 Å². The summed E-state index contributed by atoms with van der Waals surface area (Å²) >= 11 is 0.